The van der Waals surface area contributed by atoms with Crippen LogP contribution < -0.4 is 5.32 Å². The number of aromatic nitrogens is 1. The van der Waals surface area contributed by atoms with E-state index in [2.05, 4.69) is 10.3 Å². The molecular weight excluding hydrogens is 415 g/mol. The van der Waals surface area contributed by atoms with Crippen molar-refractivity contribution in [2.75, 3.05) is 5.32 Å². The number of thiazole rings is 1. The highest BCUT2D eigenvalue weighted by Crippen LogP contribution is 2.31. The molecule has 0 fully saturated rings. The third kappa shape index (κ3) is 4.54. The Hall–Kier alpha value is -2.79. The van der Waals surface area contributed by atoms with Crippen LogP contribution >= 0.6 is 22.7 Å². The van der Waals surface area contributed by atoms with Crippen LogP contribution in [-0.2, 0) is 12.6 Å². The van der Waals surface area contributed by atoms with E-state index < -0.39 is 22.6 Å². The van der Waals surface area contributed by atoms with Gasteiger partial charge in [0.15, 0.2) is 5.13 Å². The zero-order valence-corrected chi connectivity index (χ0v) is 15.9. The van der Waals surface area contributed by atoms with Crippen LogP contribution in [-0.4, -0.2) is 15.8 Å². The van der Waals surface area contributed by atoms with Crippen molar-refractivity contribution in [1.29, 1.82) is 0 Å². The Bertz CT molecular complexity index is 1040. The number of nitrogens with zero attached hydrogens (tertiary/aromatic N) is 2. The first kappa shape index (κ1) is 20.0. The van der Waals surface area contributed by atoms with Crippen molar-refractivity contribution in [2.45, 2.75) is 19.5 Å². The summed E-state index contributed by atoms with van der Waals surface area (Å²) in [6.07, 6.45) is -2.70. The van der Waals surface area contributed by atoms with Crippen LogP contribution in [0.1, 0.15) is 30.6 Å². The van der Waals surface area contributed by atoms with Crippen molar-refractivity contribution >= 4 is 39.4 Å². The van der Waals surface area contributed by atoms with E-state index in [0.29, 0.717) is 15.3 Å². The number of hydrogen-bond acceptors (Lipinski definition) is 6. The maximum Gasteiger partial charge on any atom is 0.416 e. The number of aryl methyl sites for hydroxylation is 1. The lowest BCUT2D eigenvalue weighted by atomic mass is 10.1. The second-order valence-electron chi connectivity index (χ2n) is 5.77. The number of benzene rings is 1. The highest BCUT2D eigenvalue weighted by atomic mass is 32.1. The molecule has 0 aliphatic heterocycles. The first-order valence-corrected chi connectivity index (χ1v) is 9.44. The van der Waals surface area contributed by atoms with Gasteiger partial charge in [0.05, 0.1) is 20.2 Å². The smallest absolute Gasteiger partial charge is 0.297 e. The largest absolute Gasteiger partial charge is 0.416 e. The predicted molar refractivity (Wildman–Crippen MR) is 100 cm³/mol. The number of nitrogens with one attached hydrogen (secondary N) is 1. The Balaban J connectivity index is 1.70. The number of carbonyl (C=O) groups excluding carboxylic acids is 1. The van der Waals surface area contributed by atoms with Crippen molar-refractivity contribution in [3.8, 4) is 0 Å². The van der Waals surface area contributed by atoms with Crippen LogP contribution in [0.25, 0.3) is 0 Å². The molecule has 1 aromatic carbocycles. The summed E-state index contributed by atoms with van der Waals surface area (Å²) in [4.78, 5) is 27.9. The monoisotopic (exact) mass is 427 g/mol. The molecule has 0 unspecified atom stereocenters. The van der Waals surface area contributed by atoms with E-state index in [9.17, 15) is 28.1 Å². The minimum absolute atomic E-state index is 0.125. The topological polar surface area (TPSA) is 85.1 Å². The average Bonchev–Trinajstić information content (AvgIpc) is 3.21. The second kappa shape index (κ2) is 7.68. The number of anilines is 1. The van der Waals surface area contributed by atoms with Gasteiger partial charge in [0.25, 0.3) is 11.6 Å². The number of hydrogen-bond donors (Lipinski definition) is 1. The SMILES string of the molecule is Cc1sc(C(=O)Nc2ncc(Cc3cccc(C(F)(F)F)c3)s2)cc1[N+](=O)[O-]. The molecule has 3 aromatic rings. The van der Waals surface area contributed by atoms with Gasteiger partial charge in [-0.1, -0.05) is 18.2 Å². The van der Waals surface area contributed by atoms with Crippen molar-refractivity contribution in [3.63, 3.8) is 0 Å². The highest BCUT2D eigenvalue weighted by molar-refractivity contribution is 7.16. The van der Waals surface area contributed by atoms with E-state index >= 15 is 0 Å². The fourth-order valence-corrected chi connectivity index (χ4v) is 4.15. The maximum atomic E-state index is 12.8. The van der Waals surface area contributed by atoms with Gasteiger partial charge in [-0.3, -0.25) is 20.2 Å². The Morgan fingerprint density at radius 3 is 2.68 bits per heavy atom. The Kier molecular flexibility index (Phi) is 5.47. The van der Waals surface area contributed by atoms with Crippen molar-refractivity contribution in [1.82, 2.24) is 4.98 Å². The Labute approximate surface area is 164 Å². The van der Waals surface area contributed by atoms with E-state index in [1.807, 2.05) is 0 Å². The van der Waals surface area contributed by atoms with Crippen LogP contribution in [0, 0.1) is 17.0 Å². The lowest BCUT2D eigenvalue weighted by Crippen LogP contribution is -2.09. The number of alkyl halides is 3. The molecule has 2 aromatic heterocycles. The molecule has 0 spiro atoms. The van der Waals surface area contributed by atoms with Crippen molar-refractivity contribution in [3.05, 3.63) is 72.4 Å². The summed E-state index contributed by atoms with van der Waals surface area (Å²) in [6, 6.07) is 6.21. The van der Waals surface area contributed by atoms with Gasteiger partial charge >= 0.3 is 6.18 Å². The van der Waals surface area contributed by atoms with E-state index in [0.717, 1.165) is 34.8 Å². The van der Waals surface area contributed by atoms with Gasteiger partial charge in [-0.25, -0.2) is 4.98 Å². The summed E-state index contributed by atoms with van der Waals surface area (Å²) in [7, 11) is 0. The molecule has 1 amide bonds. The highest BCUT2D eigenvalue weighted by Gasteiger charge is 2.30. The lowest BCUT2D eigenvalue weighted by Gasteiger charge is -2.07. The third-order valence-corrected chi connectivity index (χ3v) is 5.67. The van der Waals surface area contributed by atoms with Gasteiger partial charge in [0.1, 0.15) is 0 Å². The summed E-state index contributed by atoms with van der Waals surface area (Å²) >= 11 is 2.13. The zero-order valence-electron chi connectivity index (χ0n) is 14.2. The normalized spacial score (nSPS) is 11.4. The van der Waals surface area contributed by atoms with E-state index in [-0.39, 0.29) is 22.1 Å². The molecule has 0 aliphatic rings. The molecule has 11 heteroatoms. The first-order valence-electron chi connectivity index (χ1n) is 7.80. The van der Waals surface area contributed by atoms with Crippen LogP contribution in [0.5, 0.6) is 0 Å². The summed E-state index contributed by atoms with van der Waals surface area (Å²) in [5.74, 6) is -0.527. The van der Waals surface area contributed by atoms with Gasteiger partial charge in [-0.05, 0) is 18.6 Å². The van der Waals surface area contributed by atoms with Crippen LogP contribution in [0.15, 0.2) is 36.5 Å². The summed E-state index contributed by atoms with van der Waals surface area (Å²) in [5, 5.41) is 13.7. The quantitative estimate of drug-likeness (QED) is 0.443. The molecule has 6 nitrogen and oxygen atoms in total. The molecule has 146 valence electrons. The third-order valence-electron chi connectivity index (χ3n) is 3.72. The fraction of sp³-hybridized carbons (Fsp3) is 0.176. The summed E-state index contributed by atoms with van der Waals surface area (Å²) < 4.78 is 38.4. The molecule has 0 bridgehead atoms. The van der Waals surface area contributed by atoms with Gasteiger partial charge in [0, 0.05) is 23.6 Å². The molecule has 0 radical (unpaired) electrons. The Morgan fingerprint density at radius 2 is 2.04 bits per heavy atom. The minimum Gasteiger partial charge on any atom is -0.297 e. The molecule has 3 rings (SSSR count). The van der Waals surface area contributed by atoms with Crippen molar-refractivity contribution < 1.29 is 22.9 Å². The molecule has 0 saturated heterocycles. The fourth-order valence-electron chi connectivity index (χ4n) is 2.43. The summed E-state index contributed by atoms with van der Waals surface area (Å²) in [5.41, 5.74) is -0.377. The number of carbonyl (C=O) groups is 1. The number of nitro groups is 1. The molecule has 0 saturated carbocycles. The molecular formula is C17H12F3N3O3S2. The van der Waals surface area contributed by atoms with E-state index in [1.165, 1.54) is 18.3 Å². The number of amides is 1. The second-order valence-corrected chi connectivity index (χ2v) is 8.14. The van der Waals surface area contributed by atoms with Gasteiger partial charge in [-0.2, -0.15) is 13.2 Å². The molecule has 0 aliphatic carbocycles. The lowest BCUT2D eigenvalue weighted by molar-refractivity contribution is -0.385. The van der Waals surface area contributed by atoms with E-state index in [1.54, 1.807) is 13.0 Å². The van der Waals surface area contributed by atoms with Gasteiger partial charge in [0.2, 0.25) is 0 Å². The first-order chi connectivity index (χ1) is 13.1. The zero-order chi connectivity index (χ0) is 20.5. The minimum atomic E-state index is -4.41. The molecule has 2 heterocycles. The predicted octanol–water partition coefficient (Wildman–Crippen LogP) is 5.28. The molecule has 28 heavy (non-hydrogen) atoms. The standard InChI is InChI=1S/C17H12F3N3O3S2/c1-9-13(23(25)26)7-14(27-9)15(24)22-16-21-8-12(28-16)6-10-3-2-4-11(5-10)17(18,19)20/h2-5,7-8H,6H2,1H3,(H,21,22,24). The molecule has 1 N–H and O–H groups in total. The van der Waals surface area contributed by atoms with Crippen LogP contribution in [0.2, 0.25) is 0 Å². The number of thiophene rings is 1. The number of halogens is 3. The van der Waals surface area contributed by atoms with E-state index in [4.69, 9.17) is 0 Å². The Morgan fingerprint density at radius 1 is 1.29 bits per heavy atom. The summed E-state index contributed by atoms with van der Waals surface area (Å²) in [6.45, 7) is 1.55. The van der Waals surface area contributed by atoms with Crippen LogP contribution in [0.3, 0.4) is 0 Å². The van der Waals surface area contributed by atoms with Gasteiger partial charge < -0.3 is 0 Å². The molecule has 0 atom stereocenters. The van der Waals surface area contributed by atoms with Crippen molar-refractivity contribution in [2.24, 2.45) is 0 Å². The van der Waals surface area contributed by atoms with Crippen LogP contribution in [0.4, 0.5) is 24.0 Å². The maximum absolute atomic E-state index is 12.8. The van der Waals surface area contributed by atoms with Gasteiger partial charge in [-0.15, -0.1) is 22.7 Å². The number of rotatable bonds is 5. The average molecular weight is 427 g/mol.